The molecule has 0 spiro atoms. The van der Waals surface area contributed by atoms with E-state index in [1.807, 2.05) is 36.4 Å². The van der Waals surface area contributed by atoms with Crippen molar-refractivity contribution in [3.63, 3.8) is 0 Å². The third kappa shape index (κ3) is 4.28. The molecule has 3 aromatic rings. The molecule has 0 atom stereocenters. The lowest BCUT2D eigenvalue weighted by Crippen LogP contribution is -2.44. The summed E-state index contributed by atoms with van der Waals surface area (Å²) in [5.74, 6) is -0.606. The van der Waals surface area contributed by atoms with Crippen LogP contribution in [-0.2, 0) is 6.42 Å². The number of nitrogens with two attached hydrogens (primary N) is 1. The fourth-order valence-electron chi connectivity index (χ4n) is 5.37. The maximum Gasteiger partial charge on any atom is 0.251 e. The van der Waals surface area contributed by atoms with E-state index in [4.69, 9.17) is 28.9 Å². The minimum absolute atomic E-state index is 0. The molecule has 8 heteroatoms. The Kier molecular flexibility index (Phi) is 7.96. The first kappa shape index (κ1) is 26.5. The van der Waals surface area contributed by atoms with Gasteiger partial charge in [-0.05, 0) is 30.0 Å². The molecule has 0 bridgehead atoms. The van der Waals surface area contributed by atoms with E-state index in [0.29, 0.717) is 51.8 Å². The second-order valence-electron chi connectivity index (χ2n) is 9.01. The number of halogens is 3. The molecule has 188 valence electrons. The fraction of sp³-hybridized carbons (Fsp3) is 0.286. The van der Waals surface area contributed by atoms with Crippen molar-refractivity contribution < 1.29 is 9.59 Å². The zero-order chi connectivity index (χ0) is 24.7. The topological polar surface area (TPSA) is 75.4 Å². The summed E-state index contributed by atoms with van der Waals surface area (Å²) in [6.07, 6.45) is 2.37. The maximum absolute atomic E-state index is 13.8. The highest BCUT2D eigenvalue weighted by Crippen LogP contribution is 2.53. The summed E-state index contributed by atoms with van der Waals surface area (Å²) in [7, 11) is 0. The summed E-state index contributed by atoms with van der Waals surface area (Å²) < 4.78 is 0. The molecular weight excluding hydrogens is 517 g/mol. The molecule has 0 saturated carbocycles. The Morgan fingerprint density at radius 1 is 0.972 bits per heavy atom. The van der Waals surface area contributed by atoms with Gasteiger partial charge in [0, 0.05) is 54.0 Å². The average molecular weight is 545 g/mol. The number of hydrogen-bond acceptors (Lipinski definition) is 4. The minimum atomic E-state index is -0.532. The van der Waals surface area contributed by atoms with Gasteiger partial charge in [0.1, 0.15) is 0 Å². The summed E-state index contributed by atoms with van der Waals surface area (Å²) in [5.41, 5.74) is 12.3. The lowest BCUT2D eigenvalue weighted by atomic mass is 9.83. The molecule has 1 heterocycles. The van der Waals surface area contributed by atoms with Gasteiger partial charge in [-0.25, -0.2) is 0 Å². The molecule has 3 aromatic carbocycles. The third-order valence-corrected chi connectivity index (χ3v) is 7.75. The minimum Gasteiger partial charge on any atom is -0.368 e. The summed E-state index contributed by atoms with van der Waals surface area (Å²) in [4.78, 5) is 29.2. The molecule has 1 aliphatic heterocycles. The van der Waals surface area contributed by atoms with Crippen LogP contribution >= 0.6 is 35.6 Å². The highest BCUT2D eigenvalue weighted by atomic mass is 35.5. The molecule has 1 saturated heterocycles. The number of rotatable bonds is 6. The smallest absolute Gasteiger partial charge is 0.251 e. The van der Waals surface area contributed by atoms with Crippen LogP contribution in [0.25, 0.3) is 22.3 Å². The van der Waals surface area contributed by atoms with Gasteiger partial charge in [0.15, 0.2) is 5.78 Å². The summed E-state index contributed by atoms with van der Waals surface area (Å²) in [6.45, 7) is 5.05. The number of nitrogens with zero attached hydrogens (tertiary/aromatic N) is 1. The molecule has 3 N–H and O–H groups in total. The number of anilines is 1. The van der Waals surface area contributed by atoms with Gasteiger partial charge in [0.05, 0.1) is 21.3 Å². The quantitative estimate of drug-likeness (QED) is 0.305. The highest BCUT2D eigenvalue weighted by Gasteiger charge is 2.38. The van der Waals surface area contributed by atoms with Crippen LogP contribution in [0.5, 0.6) is 0 Å². The molecule has 36 heavy (non-hydrogen) atoms. The van der Waals surface area contributed by atoms with E-state index in [2.05, 4.69) is 17.1 Å². The normalized spacial score (nSPS) is 14.3. The number of primary amides is 1. The number of carbonyl (C=O) groups is 2. The van der Waals surface area contributed by atoms with Gasteiger partial charge < -0.3 is 16.0 Å². The Balaban J connectivity index is 0.00000304. The van der Waals surface area contributed by atoms with Gasteiger partial charge in [-0.2, -0.15) is 0 Å². The third-order valence-electron chi connectivity index (χ3n) is 6.93. The van der Waals surface area contributed by atoms with Crippen molar-refractivity contribution in [3.05, 3.63) is 74.8 Å². The molecular formula is C28H28Cl3N3O2. The summed E-state index contributed by atoms with van der Waals surface area (Å²) in [5, 5.41) is 4.18. The number of hydrogen-bond donors (Lipinski definition) is 2. The van der Waals surface area contributed by atoms with Gasteiger partial charge in [0.2, 0.25) is 0 Å². The molecule has 5 nitrogen and oxygen atoms in total. The van der Waals surface area contributed by atoms with Crippen LogP contribution in [0.1, 0.15) is 51.6 Å². The molecule has 2 aliphatic rings. The van der Waals surface area contributed by atoms with E-state index in [-0.39, 0.29) is 18.2 Å². The lowest BCUT2D eigenvalue weighted by Gasteiger charge is -2.35. The van der Waals surface area contributed by atoms with Crippen molar-refractivity contribution in [3.8, 4) is 22.3 Å². The number of carbonyl (C=O) groups excluding carboxylic acids is 2. The number of unbranched alkanes of at least 4 members (excludes halogenated alkanes) is 1. The SMILES string of the molecule is CCCCc1c2c(c(-c3cccc(Cl)c3Cl)c(N3CCNCC3)c1C(N)=O)-c1ccccc1C2=O.Cl. The van der Waals surface area contributed by atoms with Crippen molar-refractivity contribution >= 4 is 53.0 Å². The van der Waals surface area contributed by atoms with Gasteiger partial charge in [0.25, 0.3) is 5.91 Å². The van der Waals surface area contributed by atoms with Crippen LogP contribution in [0, 0.1) is 0 Å². The first-order valence-corrected chi connectivity index (χ1v) is 12.8. The number of benzene rings is 3. The maximum atomic E-state index is 13.8. The Morgan fingerprint density at radius 2 is 1.64 bits per heavy atom. The Labute approximate surface area is 227 Å². The van der Waals surface area contributed by atoms with Crippen molar-refractivity contribution in [1.29, 1.82) is 0 Å². The van der Waals surface area contributed by atoms with Crippen molar-refractivity contribution in [2.75, 3.05) is 31.1 Å². The highest BCUT2D eigenvalue weighted by molar-refractivity contribution is 6.44. The van der Waals surface area contributed by atoms with Crippen molar-refractivity contribution in [1.82, 2.24) is 5.32 Å². The Morgan fingerprint density at radius 3 is 2.31 bits per heavy atom. The van der Waals surface area contributed by atoms with E-state index in [0.717, 1.165) is 53.9 Å². The standard InChI is InChI=1S/C28H27Cl2N3O2.ClH/c1-2-3-7-18-23-21(16-8-4-5-9-17(16)27(23)34)22(19-10-6-11-20(29)25(19)30)26(24(18)28(31)35)33-14-12-32-13-15-33;/h4-6,8-11,32H,2-3,7,12-15H2,1H3,(H2,31,35);1H. The first-order chi connectivity index (χ1) is 17.0. The molecule has 1 fully saturated rings. The molecule has 5 rings (SSSR count). The number of nitrogens with one attached hydrogen (secondary N) is 1. The zero-order valence-corrected chi connectivity index (χ0v) is 22.3. The molecule has 0 radical (unpaired) electrons. The van der Waals surface area contributed by atoms with Crippen LogP contribution < -0.4 is 16.0 Å². The molecule has 0 unspecified atom stereocenters. The Hall–Kier alpha value is -2.57. The van der Waals surface area contributed by atoms with Crippen LogP contribution in [0.2, 0.25) is 10.0 Å². The van der Waals surface area contributed by atoms with Gasteiger partial charge in [-0.15, -0.1) is 12.4 Å². The van der Waals surface area contributed by atoms with Gasteiger partial charge in [-0.1, -0.05) is 72.9 Å². The van der Waals surface area contributed by atoms with Crippen molar-refractivity contribution in [2.45, 2.75) is 26.2 Å². The predicted octanol–water partition coefficient (Wildman–Crippen LogP) is 6.14. The fourth-order valence-corrected chi connectivity index (χ4v) is 5.77. The van der Waals surface area contributed by atoms with E-state index in [9.17, 15) is 9.59 Å². The van der Waals surface area contributed by atoms with Gasteiger partial charge in [-0.3, -0.25) is 9.59 Å². The van der Waals surface area contributed by atoms with E-state index in [1.165, 1.54) is 0 Å². The largest absolute Gasteiger partial charge is 0.368 e. The molecule has 0 aromatic heterocycles. The van der Waals surface area contributed by atoms with Crippen LogP contribution in [0.15, 0.2) is 42.5 Å². The second-order valence-corrected chi connectivity index (χ2v) is 9.79. The second kappa shape index (κ2) is 10.8. The van der Waals surface area contributed by atoms with Crippen LogP contribution in [-0.4, -0.2) is 37.9 Å². The number of ketones is 1. The lowest BCUT2D eigenvalue weighted by molar-refractivity contribution is 0.0999. The monoisotopic (exact) mass is 543 g/mol. The van der Waals surface area contributed by atoms with E-state index >= 15 is 0 Å². The van der Waals surface area contributed by atoms with E-state index < -0.39 is 5.91 Å². The zero-order valence-electron chi connectivity index (χ0n) is 20.0. The summed E-state index contributed by atoms with van der Waals surface area (Å²) in [6, 6.07) is 13.1. The number of amides is 1. The van der Waals surface area contributed by atoms with Crippen LogP contribution in [0.4, 0.5) is 5.69 Å². The predicted molar refractivity (Wildman–Crippen MR) is 150 cm³/mol. The average Bonchev–Trinajstić information content (AvgIpc) is 3.17. The van der Waals surface area contributed by atoms with Gasteiger partial charge >= 0.3 is 0 Å². The van der Waals surface area contributed by atoms with E-state index in [1.54, 1.807) is 6.07 Å². The van der Waals surface area contributed by atoms with Crippen LogP contribution in [0.3, 0.4) is 0 Å². The summed E-state index contributed by atoms with van der Waals surface area (Å²) >= 11 is 13.3. The molecule has 1 aliphatic carbocycles. The molecule has 1 amide bonds. The first-order valence-electron chi connectivity index (χ1n) is 12.0. The Bertz CT molecular complexity index is 1350. The number of piperazine rings is 1. The van der Waals surface area contributed by atoms with Crippen molar-refractivity contribution in [2.24, 2.45) is 5.73 Å². The number of fused-ring (bicyclic) bond motifs is 3.